The van der Waals surface area contributed by atoms with Crippen LogP contribution in [0.2, 0.25) is 0 Å². The second-order valence-corrected chi connectivity index (χ2v) is 4.61. The van der Waals surface area contributed by atoms with Crippen molar-refractivity contribution < 1.29 is 0 Å². The first-order valence-electron chi connectivity index (χ1n) is 5.33. The van der Waals surface area contributed by atoms with E-state index in [4.69, 9.17) is 0 Å². The van der Waals surface area contributed by atoms with Gasteiger partial charge in [0.15, 0.2) is 5.96 Å². The van der Waals surface area contributed by atoms with Crippen LogP contribution < -0.4 is 10.6 Å². The normalized spacial score (nSPS) is 9.80. The Kier molecular flexibility index (Phi) is 5.18. The van der Waals surface area contributed by atoms with Gasteiger partial charge >= 0.3 is 0 Å². The topological polar surface area (TPSA) is 36.4 Å². The van der Waals surface area contributed by atoms with E-state index in [0.717, 1.165) is 25.6 Å². The zero-order chi connectivity index (χ0) is 11.1. The summed E-state index contributed by atoms with van der Waals surface area (Å²) in [6.07, 6.45) is 0. The number of nitrogens with zero attached hydrogens (tertiary/aromatic N) is 1. The van der Waals surface area contributed by atoms with E-state index in [1.807, 2.05) is 0 Å². The van der Waals surface area contributed by atoms with Crippen LogP contribution in [0.3, 0.4) is 0 Å². The molecular weight excluding hydrogens is 206 g/mol. The SMILES string of the molecule is CCNC(=NCc1ccc(C)s1)NCC. The molecule has 0 amide bonds. The average molecular weight is 225 g/mol. The minimum atomic E-state index is 0.758. The first-order valence-corrected chi connectivity index (χ1v) is 6.15. The minimum absolute atomic E-state index is 0.758. The van der Waals surface area contributed by atoms with Crippen molar-refractivity contribution in [3.63, 3.8) is 0 Å². The fraction of sp³-hybridized carbons (Fsp3) is 0.545. The maximum atomic E-state index is 4.49. The summed E-state index contributed by atoms with van der Waals surface area (Å²) in [6, 6.07) is 4.27. The first-order chi connectivity index (χ1) is 7.26. The van der Waals surface area contributed by atoms with Crippen molar-refractivity contribution in [3.8, 4) is 0 Å². The number of hydrogen-bond donors (Lipinski definition) is 2. The zero-order valence-corrected chi connectivity index (χ0v) is 10.4. The van der Waals surface area contributed by atoms with E-state index in [1.165, 1.54) is 9.75 Å². The molecule has 0 bridgehead atoms. The van der Waals surface area contributed by atoms with Gasteiger partial charge in [-0.1, -0.05) is 0 Å². The van der Waals surface area contributed by atoms with E-state index in [2.05, 4.69) is 48.5 Å². The fourth-order valence-electron chi connectivity index (χ4n) is 1.24. The number of thiophene rings is 1. The molecule has 2 N–H and O–H groups in total. The van der Waals surface area contributed by atoms with E-state index in [1.54, 1.807) is 11.3 Å². The Hall–Kier alpha value is -1.03. The molecule has 0 aliphatic heterocycles. The lowest BCUT2D eigenvalue weighted by atomic mass is 10.4. The van der Waals surface area contributed by atoms with Crippen molar-refractivity contribution in [2.45, 2.75) is 27.3 Å². The summed E-state index contributed by atoms with van der Waals surface area (Å²) in [6.45, 7) is 8.82. The molecule has 0 saturated heterocycles. The summed E-state index contributed by atoms with van der Waals surface area (Å²) in [7, 11) is 0. The molecule has 4 heteroatoms. The predicted octanol–water partition coefficient (Wildman–Crippen LogP) is 2.13. The molecule has 0 radical (unpaired) electrons. The van der Waals surface area contributed by atoms with Crippen LogP contribution >= 0.6 is 11.3 Å². The van der Waals surface area contributed by atoms with Gasteiger partial charge in [-0.15, -0.1) is 11.3 Å². The second-order valence-electron chi connectivity index (χ2n) is 3.24. The molecule has 1 heterocycles. The van der Waals surface area contributed by atoms with Crippen LogP contribution in [-0.4, -0.2) is 19.0 Å². The third-order valence-corrected chi connectivity index (χ3v) is 2.86. The Balaban J connectivity index is 2.52. The third kappa shape index (κ3) is 4.34. The molecule has 3 nitrogen and oxygen atoms in total. The number of hydrogen-bond acceptors (Lipinski definition) is 2. The van der Waals surface area contributed by atoms with Crippen LogP contribution in [0.1, 0.15) is 23.6 Å². The zero-order valence-electron chi connectivity index (χ0n) is 9.63. The van der Waals surface area contributed by atoms with Crippen molar-refractivity contribution >= 4 is 17.3 Å². The lowest BCUT2D eigenvalue weighted by Gasteiger charge is -2.08. The van der Waals surface area contributed by atoms with Gasteiger partial charge in [0.25, 0.3) is 0 Å². The summed E-state index contributed by atoms with van der Waals surface area (Å²) in [5.74, 6) is 0.894. The molecule has 0 atom stereocenters. The standard InChI is InChI=1S/C11H19N3S/c1-4-12-11(13-5-2)14-8-10-7-6-9(3)15-10/h6-7H,4-5,8H2,1-3H3,(H2,12,13,14). The van der Waals surface area contributed by atoms with Gasteiger partial charge in [-0.25, -0.2) is 4.99 Å². The van der Waals surface area contributed by atoms with Crippen LogP contribution in [-0.2, 0) is 6.54 Å². The van der Waals surface area contributed by atoms with Crippen molar-refractivity contribution in [2.24, 2.45) is 4.99 Å². The molecule has 0 spiro atoms. The number of rotatable bonds is 4. The van der Waals surface area contributed by atoms with Gasteiger partial charge in [0, 0.05) is 22.8 Å². The Morgan fingerprint density at radius 2 is 1.93 bits per heavy atom. The fourth-order valence-corrected chi connectivity index (χ4v) is 2.05. The monoisotopic (exact) mass is 225 g/mol. The third-order valence-electron chi connectivity index (χ3n) is 1.88. The molecule has 0 aliphatic carbocycles. The molecule has 15 heavy (non-hydrogen) atoms. The maximum Gasteiger partial charge on any atom is 0.191 e. The predicted molar refractivity (Wildman–Crippen MR) is 67.5 cm³/mol. The number of aliphatic imine (C=N–C) groups is 1. The Morgan fingerprint density at radius 3 is 2.40 bits per heavy atom. The summed E-state index contributed by atoms with van der Waals surface area (Å²) in [4.78, 5) is 7.14. The summed E-state index contributed by atoms with van der Waals surface area (Å²) < 4.78 is 0. The van der Waals surface area contributed by atoms with Gasteiger partial charge < -0.3 is 10.6 Å². The molecule has 0 unspecified atom stereocenters. The van der Waals surface area contributed by atoms with Crippen molar-refractivity contribution in [3.05, 3.63) is 21.9 Å². The number of nitrogens with one attached hydrogen (secondary N) is 2. The van der Waals surface area contributed by atoms with E-state index in [-0.39, 0.29) is 0 Å². The molecule has 1 aromatic heterocycles. The van der Waals surface area contributed by atoms with Gasteiger partial charge in [-0.05, 0) is 32.9 Å². The van der Waals surface area contributed by atoms with Crippen molar-refractivity contribution in [1.82, 2.24) is 10.6 Å². The van der Waals surface area contributed by atoms with Crippen LogP contribution in [0.5, 0.6) is 0 Å². The highest BCUT2D eigenvalue weighted by Gasteiger charge is 1.97. The Bertz CT molecular complexity index is 309. The van der Waals surface area contributed by atoms with E-state index in [0.29, 0.717) is 0 Å². The summed E-state index contributed by atoms with van der Waals surface area (Å²) >= 11 is 1.80. The Morgan fingerprint density at radius 1 is 1.27 bits per heavy atom. The van der Waals surface area contributed by atoms with Crippen LogP contribution in [0.15, 0.2) is 17.1 Å². The van der Waals surface area contributed by atoms with E-state index in [9.17, 15) is 0 Å². The molecule has 0 fully saturated rings. The van der Waals surface area contributed by atoms with Gasteiger partial charge in [0.2, 0.25) is 0 Å². The highest BCUT2D eigenvalue weighted by molar-refractivity contribution is 7.11. The smallest absolute Gasteiger partial charge is 0.191 e. The van der Waals surface area contributed by atoms with E-state index < -0.39 is 0 Å². The Labute approximate surface area is 95.6 Å². The number of guanidine groups is 1. The van der Waals surface area contributed by atoms with Gasteiger partial charge in [0.05, 0.1) is 6.54 Å². The van der Waals surface area contributed by atoms with Gasteiger partial charge in [0.1, 0.15) is 0 Å². The lowest BCUT2D eigenvalue weighted by Crippen LogP contribution is -2.36. The van der Waals surface area contributed by atoms with E-state index >= 15 is 0 Å². The highest BCUT2D eigenvalue weighted by Crippen LogP contribution is 2.15. The van der Waals surface area contributed by atoms with Crippen LogP contribution in [0.25, 0.3) is 0 Å². The molecule has 1 aromatic rings. The molecule has 0 saturated carbocycles. The number of aryl methyl sites for hydroxylation is 1. The molecule has 1 rings (SSSR count). The largest absolute Gasteiger partial charge is 0.357 e. The highest BCUT2D eigenvalue weighted by atomic mass is 32.1. The quantitative estimate of drug-likeness (QED) is 0.608. The average Bonchev–Trinajstić information content (AvgIpc) is 2.61. The second kappa shape index (κ2) is 6.45. The first kappa shape index (κ1) is 12.0. The summed E-state index contributed by atoms with van der Waals surface area (Å²) in [5.41, 5.74) is 0. The lowest BCUT2D eigenvalue weighted by molar-refractivity contribution is 0.841. The minimum Gasteiger partial charge on any atom is -0.357 e. The maximum absolute atomic E-state index is 4.49. The van der Waals surface area contributed by atoms with Crippen molar-refractivity contribution in [1.29, 1.82) is 0 Å². The van der Waals surface area contributed by atoms with Gasteiger partial charge in [-0.2, -0.15) is 0 Å². The van der Waals surface area contributed by atoms with Gasteiger partial charge in [-0.3, -0.25) is 0 Å². The molecule has 0 aromatic carbocycles. The van der Waals surface area contributed by atoms with Crippen molar-refractivity contribution in [2.75, 3.05) is 13.1 Å². The van der Waals surface area contributed by atoms with Crippen LogP contribution in [0, 0.1) is 6.92 Å². The van der Waals surface area contributed by atoms with Crippen LogP contribution in [0.4, 0.5) is 0 Å². The molecular formula is C11H19N3S. The molecule has 0 aliphatic rings. The summed E-state index contributed by atoms with van der Waals surface area (Å²) in [5, 5.41) is 6.41. The molecule has 84 valence electrons.